The summed E-state index contributed by atoms with van der Waals surface area (Å²) in [5.41, 5.74) is -0.314. The predicted octanol–water partition coefficient (Wildman–Crippen LogP) is 2.73. The zero-order valence-corrected chi connectivity index (χ0v) is 15.0. The Labute approximate surface area is 151 Å². The Kier molecular flexibility index (Phi) is 4.47. The fourth-order valence-corrected chi connectivity index (χ4v) is 3.89. The van der Waals surface area contributed by atoms with Crippen LogP contribution in [-0.2, 0) is 19.1 Å². The molecule has 2 aliphatic heterocycles. The zero-order chi connectivity index (χ0) is 19.1. The molecule has 0 bridgehead atoms. The number of nitro benzene ring substituents is 1. The highest BCUT2D eigenvalue weighted by molar-refractivity contribution is 5.97. The van der Waals surface area contributed by atoms with E-state index in [1.165, 1.54) is 18.2 Å². The maximum atomic E-state index is 12.9. The predicted molar refractivity (Wildman–Crippen MR) is 92.7 cm³/mol. The minimum Gasteiger partial charge on any atom is -0.458 e. The van der Waals surface area contributed by atoms with E-state index in [2.05, 4.69) is 5.32 Å². The lowest BCUT2D eigenvalue weighted by molar-refractivity contribution is -0.384. The topological polar surface area (TPSA) is 108 Å². The summed E-state index contributed by atoms with van der Waals surface area (Å²) in [6, 6.07) is 4.25. The van der Waals surface area contributed by atoms with Gasteiger partial charge in [0.1, 0.15) is 5.60 Å². The molecule has 140 valence electrons. The van der Waals surface area contributed by atoms with Gasteiger partial charge in [-0.2, -0.15) is 0 Å². The van der Waals surface area contributed by atoms with Crippen LogP contribution in [-0.4, -0.2) is 34.6 Å². The summed E-state index contributed by atoms with van der Waals surface area (Å²) in [4.78, 5) is 35.2. The molecule has 1 aromatic rings. The van der Waals surface area contributed by atoms with Gasteiger partial charge in [-0.15, -0.1) is 0 Å². The van der Waals surface area contributed by atoms with Crippen molar-refractivity contribution in [3.8, 4) is 0 Å². The van der Waals surface area contributed by atoms with Crippen LogP contribution in [0.1, 0.15) is 38.7 Å². The molecule has 8 nitrogen and oxygen atoms in total. The molecule has 1 spiro atoms. The number of hydrogen-bond acceptors (Lipinski definition) is 6. The third-order valence-electron chi connectivity index (χ3n) is 5.06. The van der Waals surface area contributed by atoms with Crippen molar-refractivity contribution in [2.45, 2.75) is 51.2 Å². The van der Waals surface area contributed by atoms with Crippen molar-refractivity contribution in [1.29, 1.82) is 0 Å². The summed E-state index contributed by atoms with van der Waals surface area (Å²) >= 11 is 0. The van der Waals surface area contributed by atoms with Crippen molar-refractivity contribution in [3.63, 3.8) is 0 Å². The summed E-state index contributed by atoms with van der Waals surface area (Å²) in [7, 11) is 0. The lowest BCUT2D eigenvalue weighted by Gasteiger charge is -2.43. The average molecular weight is 362 g/mol. The molecule has 0 aliphatic carbocycles. The van der Waals surface area contributed by atoms with Gasteiger partial charge >= 0.3 is 5.97 Å². The number of non-ortho nitro benzene ring substituents is 1. The summed E-state index contributed by atoms with van der Waals surface area (Å²) in [5.74, 6) is -1.32. The highest BCUT2D eigenvalue weighted by Crippen LogP contribution is 2.46. The summed E-state index contributed by atoms with van der Waals surface area (Å²) in [6.45, 7) is 5.93. The van der Waals surface area contributed by atoms with E-state index in [1.807, 2.05) is 13.8 Å². The van der Waals surface area contributed by atoms with Gasteiger partial charge in [0, 0.05) is 30.7 Å². The van der Waals surface area contributed by atoms with Gasteiger partial charge in [-0.3, -0.25) is 19.7 Å². The minimum absolute atomic E-state index is 0.0218. The van der Waals surface area contributed by atoms with E-state index in [-0.39, 0.29) is 24.0 Å². The Morgan fingerprint density at radius 1 is 1.38 bits per heavy atom. The number of ether oxygens (including phenoxy) is 2. The molecule has 2 heterocycles. The van der Waals surface area contributed by atoms with Crippen LogP contribution in [0, 0.1) is 23.0 Å². The molecule has 0 saturated carbocycles. The summed E-state index contributed by atoms with van der Waals surface area (Å²) < 4.78 is 11.3. The standard InChI is InChI=1S/C18H22N2O6/c1-11-8-12(20(23)24)4-5-14(11)19-16(22)13-9-15(21)26-18(13)6-7-25-17(2,3)10-18/h4-5,8,13H,6-7,9-10H2,1-3H3,(H,19,22). The number of rotatable bonds is 3. The second-order valence-corrected chi connectivity index (χ2v) is 7.58. The molecule has 1 aromatic carbocycles. The normalized spacial score (nSPS) is 27.2. The van der Waals surface area contributed by atoms with E-state index in [0.717, 1.165) is 0 Å². The van der Waals surface area contributed by atoms with Crippen molar-refractivity contribution in [2.24, 2.45) is 5.92 Å². The molecule has 2 unspecified atom stereocenters. The molecule has 3 rings (SSSR count). The molecular weight excluding hydrogens is 340 g/mol. The van der Waals surface area contributed by atoms with Gasteiger partial charge in [-0.25, -0.2) is 0 Å². The van der Waals surface area contributed by atoms with Crippen LogP contribution >= 0.6 is 0 Å². The third-order valence-corrected chi connectivity index (χ3v) is 5.06. The molecule has 26 heavy (non-hydrogen) atoms. The van der Waals surface area contributed by atoms with Crippen molar-refractivity contribution >= 4 is 23.3 Å². The number of nitrogens with one attached hydrogen (secondary N) is 1. The van der Waals surface area contributed by atoms with Gasteiger partial charge < -0.3 is 14.8 Å². The van der Waals surface area contributed by atoms with Crippen LogP contribution in [0.3, 0.4) is 0 Å². The molecule has 2 atom stereocenters. The van der Waals surface area contributed by atoms with Gasteiger partial charge in [0.25, 0.3) is 5.69 Å². The van der Waals surface area contributed by atoms with E-state index in [1.54, 1.807) is 6.92 Å². The number of carbonyl (C=O) groups is 2. The van der Waals surface area contributed by atoms with E-state index < -0.39 is 22.0 Å². The molecule has 2 saturated heterocycles. The van der Waals surface area contributed by atoms with Gasteiger partial charge in [0.2, 0.25) is 5.91 Å². The Hall–Kier alpha value is -2.48. The maximum absolute atomic E-state index is 12.9. The molecule has 2 aliphatic rings. The van der Waals surface area contributed by atoms with Gasteiger partial charge in [-0.05, 0) is 32.4 Å². The first-order chi connectivity index (χ1) is 12.1. The first-order valence-corrected chi connectivity index (χ1v) is 8.54. The number of nitro groups is 1. The lowest BCUT2D eigenvalue weighted by atomic mass is 9.75. The first kappa shape index (κ1) is 18.3. The number of carbonyl (C=O) groups excluding carboxylic acids is 2. The van der Waals surface area contributed by atoms with Crippen molar-refractivity contribution in [2.75, 3.05) is 11.9 Å². The molecule has 2 fully saturated rings. The molecule has 0 aromatic heterocycles. The van der Waals surface area contributed by atoms with E-state index >= 15 is 0 Å². The largest absolute Gasteiger partial charge is 0.458 e. The second kappa shape index (κ2) is 6.35. The fourth-order valence-electron chi connectivity index (χ4n) is 3.89. The van der Waals surface area contributed by atoms with Crippen molar-refractivity contribution < 1.29 is 24.0 Å². The van der Waals surface area contributed by atoms with Crippen molar-refractivity contribution in [3.05, 3.63) is 33.9 Å². The zero-order valence-electron chi connectivity index (χ0n) is 15.0. The number of amides is 1. The maximum Gasteiger partial charge on any atom is 0.307 e. The summed E-state index contributed by atoms with van der Waals surface area (Å²) in [5, 5.41) is 13.7. The fraction of sp³-hybridized carbons (Fsp3) is 0.556. The van der Waals surface area contributed by atoms with Crippen LogP contribution in [0.4, 0.5) is 11.4 Å². The molecule has 1 N–H and O–H groups in total. The molecule has 1 amide bonds. The SMILES string of the molecule is Cc1cc([N+](=O)[O-])ccc1NC(=O)C1CC(=O)OC12CCOC(C)(C)C2. The highest BCUT2D eigenvalue weighted by Gasteiger charge is 2.56. The van der Waals surface area contributed by atoms with Crippen LogP contribution in [0.15, 0.2) is 18.2 Å². The Bertz CT molecular complexity index is 775. The molecule has 0 radical (unpaired) electrons. The second-order valence-electron chi connectivity index (χ2n) is 7.58. The average Bonchev–Trinajstić information content (AvgIpc) is 2.83. The third kappa shape index (κ3) is 3.41. The number of benzene rings is 1. The van der Waals surface area contributed by atoms with Crippen LogP contribution in [0.25, 0.3) is 0 Å². The quantitative estimate of drug-likeness (QED) is 0.503. The smallest absolute Gasteiger partial charge is 0.307 e. The van der Waals surface area contributed by atoms with Crippen LogP contribution < -0.4 is 5.32 Å². The van der Waals surface area contributed by atoms with Gasteiger partial charge in [0.15, 0.2) is 0 Å². The van der Waals surface area contributed by atoms with E-state index in [0.29, 0.717) is 30.7 Å². The lowest BCUT2D eigenvalue weighted by Crippen LogP contribution is -2.52. The molecule has 8 heteroatoms. The monoisotopic (exact) mass is 362 g/mol. The van der Waals surface area contributed by atoms with Crippen LogP contribution in [0.2, 0.25) is 0 Å². The number of nitrogens with zero attached hydrogens (tertiary/aromatic N) is 1. The number of aryl methyl sites for hydroxylation is 1. The Balaban J connectivity index is 1.82. The summed E-state index contributed by atoms with van der Waals surface area (Å²) in [6.07, 6.45) is 0.941. The molecular formula is C18H22N2O6. The minimum atomic E-state index is -0.863. The highest BCUT2D eigenvalue weighted by atomic mass is 16.6. The van der Waals surface area contributed by atoms with E-state index in [4.69, 9.17) is 9.47 Å². The van der Waals surface area contributed by atoms with Gasteiger partial charge in [0.05, 0.1) is 29.5 Å². The Morgan fingerprint density at radius 2 is 2.12 bits per heavy atom. The van der Waals surface area contributed by atoms with Crippen molar-refractivity contribution in [1.82, 2.24) is 0 Å². The number of esters is 1. The van der Waals surface area contributed by atoms with E-state index in [9.17, 15) is 19.7 Å². The Morgan fingerprint density at radius 3 is 2.73 bits per heavy atom. The first-order valence-electron chi connectivity index (χ1n) is 8.54. The van der Waals surface area contributed by atoms with Gasteiger partial charge in [-0.1, -0.05) is 0 Å². The number of anilines is 1. The van der Waals surface area contributed by atoms with Crippen LogP contribution in [0.5, 0.6) is 0 Å². The number of hydrogen-bond donors (Lipinski definition) is 1.